The molecule has 13 heavy (non-hydrogen) atoms. The van der Waals surface area contributed by atoms with E-state index in [1.54, 1.807) is 13.8 Å². The lowest BCUT2D eigenvalue weighted by molar-refractivity contribution is 0.369. The van der Waals surface area contributed by atoms with E-state index in [0.717, 1.165) is 0 Å². The van der Waals surface area contributed by atoms with Crippen molar-refractivity contribution in [1.82, 2.24) is 0 Å². The highest BCUT2D eigenvalue weighted by molar-refractivity contribution is 5.44. The van der Waals surface area contributed by atoms with Gasteiger partial charge in [0.05, 0.1) is 0 Å². The fourth-order valence-corrected chi connectivity index (χ4v) is 1.05. The molecular weight excluding hydrogens is 173 g/mol. The Balaban J connectivity index is 3.35. The van der Waals surface area contributed by atoms with Gasteiger partial charge >= 0.3 is 0 Å². The second-order valence-corrected chi connectivity index (χ2v) is 3.52. The molecule has 0 aliphatic carbocycles. The first-order valence-electron chi connectivity index (χ1n) is 3.84. The van der Waals surface area contributed by atoms with E-state index < -0.39 is 22.9 Å². The monoisotopic (exact) mass is 185 g/mol. The van der Waals surface area contributed by atoms with Gasteiger partial charge in [-0.1, -0.05) is 6.07 Å². The minimum Gasteiger partial charge on any atom is -0.504 e. The summed E-state index contributed by atoms with van der Waals surface area (Å²) in [5.74, 6) is -2.10. The molecule has 0 radical (unpaired) electrons. The summed E-state index contributed by atoms with van der Waals surface area (Å²) in [6, 6.07) is 2.56. The average molecular weight is 185 g/mol. The highest BCUT2D eigenvalue weighted by Crippen LogP contribution is 2.33. The van der Waals surface area contributed by atoms with Gasteiger partial charge in [0, 0.05) is 11.1 Å². The van der Waals surface area contributed by atoms with Crippen LogP contribution < -0.4 is 5.73 Å². The molecule has 0 aliphatic rings. The lowest BCUT2D eigenvalue weighted by atomic mass is 9.95. The third-order valence-electron chi connectivity index (χ3n) is 1.79. The van der Waals surface area contributed by atoms with Crippen molar-refractivity contribution in [2.24, 2.45) is 5.73 Å². The van der Waals surface area contributed by atoms with Gasteiger partial charge in [0.2, 0.25) is 0 Å². The maximum absolute atomic E-state index is 13.3. The molecule has 0 spiro atoms. The zero-order chi connectivity index (χ0) is 10.2. The van der Waals surface area contributed by atoms with E-state index in [2.05, 4.69) is 0 Å². The molecule has 1 aromatic rings. The van der Waals surface area contributed by atoms with Crippen molar-refractivity contribution in [2.75, 3.05) is 0 Å². The summed E-state index contributed by atoms with van der Waals surface area (Å²) in [7, 11) is 0. The number of benzene rings is 1. The van der Waals surface area contributed by atoms with Crippen LogP contribution in [0.25, 0.3) is 0 Å². The molecule has 0 atom stereocenters. The van der Waals surface area contributed by atoms with E-state index in [1.165, 1.54) is 12.1 Å². The minimum absolute atomic E-state index is 0.169. The Morgan fingerprint density at radius 1 is 1.31 bits per heavy atom. The molecule has 0 fully saturated rings. The van der Waals surface area contributed by atoms with Gasteiger partial charge in [0.15, 0.2) is 17.3 Å². The first-order chi connectivity index (χ1) is 5.84. The molecule has 0 saturated carbocycles. The van der Waals surface area contributed by atoms with Gasteiger partial charge in [0.25, 0.3) is 0 Å². The average Bonchev–Trinajstić information content (AvgIpc) is 1.98. The summed E-state index contributed by atoms with van der Waals surface area (Å²) in [5.41, 5.74) is 4.93. The van der Waals surface area contributed by atoms with Crippen molar-refractivity contribution < 1.29 is 14.6 Å². The predicted octanol–water partition coefficient (Wildman–Crippen LogP) is 1.43. The molecule has 0 unspecified atom stereocenters. The van der Waals surface area contributed by atoms with E-state index >= 15 is 0 Å². The van der Waals surface area contributed by atoms with Gasteiger partial charge in [-0.2, -0.15) is 0 Å². The van der Waals surface area contributed by atoms with Crippen molar-refractivity contribution in [3.63, 3.8) is 0 Å². The topological polar surface area (TPSA) is 66.5 Å². The Hall–Kier alpha value is -1.29. The number of phenolic OH excluding ortho intramolecular Hbond substituents is 2. The van der Waals surface area contributed by atoms with Crippen LogP contribution in [0.2, 0.25) is 0 Å². The summed E-state index contributed by atoms with van der Waals surface area (Å²) in [6.45, 7) is 3.23. The van der Waals surface area contributed by atoms with Gasteiger partial charge in [-0.15, -0.1) is 0 Å². The van der Waals surface area contributed by atoms with Crippen LogP contribution in [0, 0.1) is 5.82 Å². The van der Waals surface area contributed by atoms with Crippen LogP contribution in [0.1, 0.15) is 19.4 Å². The summed E-state index contributed by atoms with van der Waals surface area (Å²) < 4.78 is 13.3. The number of phenols is 2. The van der Waals surface area contributed by atoms with Crippen LogP contribution in [-0.2, 0) is 5.54 Å². The lowest BCUT2D eigenvalue weighted by Crippen LogP contribution is -2.29. The molecule has 0 amide bonds. The second kappa shape index (κ2) is 2.88. The van der Waals surface area contributed by atoms with E-state index in [0.29, 0.717) is 0 Å². The van der Waals surface area contributed by atoms with Gasteiger partial charge in [-0.25, -0.2) is 4.39 Å². The summed E-state index contributed by atoms with van der Waals surface area (Å²) in [4.78, 5) is 0. The smallest absolute Gasteiger partial charge is 0.194 e. The molecule has 1 rings (SSSR count). The number of hydrogen-bond donors (Lipinski definition) is 3. The molecule has 1 aromatic carbocycles. The summed E-state index contributed by atoms with van der Waals surface area (Å²) in [5, 5.41) is 18.0. The van der Waals surface area contributed by atoms with Gasteiger partial charge in [0.1, 0.15) is 0 Å². The molecule has 0 heterocycles. The number of hydrogen-bond acceptors (Lipinski definition) is 3. The largest absolute Gasteiger partial charge is 0.504 e. The van der Waals surface area contributed by atoms with E-state index in [9.17, 15) is 4.39 Å². The first kappa shape index (κ1) is 9.80. The van der Waals surface area contributed by atoms with Gasteiger partial charge in [-0.05, 0) is 19.9 Å². The van der Waals surface area contributed by atoms with Crippen molar-refractivity contribution in [3.8, 4) is 11.5 Å². The normalized spacial score (nSPS) is 11.7. The van der Waals surface area contributed by atoms with Crippen LogP contribution in [0.15, 0.2) is 12.1 Å². The maximum atomic E-state index is 13.3. The third-order valence-corrected chi connectivity index (χ3v) is 1.79. The Labute approximate surface area is 75.6 Å². The van der Waals surface area contributed by atoms with Crippen molar-refractivity contribution in [3.05, 3.63) is 23.5 Å². The van der Waals surface area contributed by atoms with E-state index in [1.807, 2.05) is 0 Å². The van der Waals surface area contributed by atoms with Crippen LogP contribution in [0.5, 0.6) is 11.5 Å². The highest BCUT2D eigenvalue weighted by atomic mass is 19.1. The molecule has 3 nitrogen and oxygen atoms in total. The zero-order valence-corrected chi connectivity index (χ0v) is 7.50. The molecule has 0 aliphatic heterocycles. The number of halogens is 1. The molecule has 0 saturated heterocycles. The van der Waals surface area contributed by atoms with Crippen LogP contribution >= 0.6 is 0 Å². The second-order valence-electron chi connectivity index (χ2n) is 3.52. The number of aromatic hydroxyl groups is 2. The highest BCUT2D eigenvalue weighted by Gasteiger charge is 2.22. The Kier molecular flexibility index (Phi) is 2.17. The van der Waals surface area contributed by atoms with Crippen LogP contribution in [0.3, 0.4) is 0 Å². The molecule has 72 valence electrons. The fraction of sp³-hybridized carbons (Fsp3) is 0.333. The summed E-state index contributed by atoms with van der Waals surface area (Å²) >= 11 is 0. The summed E-state index contributed by atoms with van der Waals surface area (Å²) in [6.07, 6.45) is 0. The van der Waals surface area contributed by atoms with Gasteiger partial charge in [-0.3, -0.25) is 0 Å². The van der Waals surface area contributed by atoms with Gasteiger partial charge < -0.3 is 15.9 Å². The molecule has 0 aromatic heterocycles. The van der Waals surface area contributed by atoms with Crippen molar-refractivity contribution in [1.29, 1.82) is 0 Å². The van der Waals surface area contributed by atoms with Crippen LogP contribution in [0.4, 0.5) is 4.39 Å². The number of rotatable bonds is 1. The predicted molar refractivity (Wildman–Crippen MR) is 46.9 cm³/mol. The van der Waals surface area contributed by atoms with E-state index in [-0.39, 0.29) is 5.56 Å². The molecular formula is C9H12FNO2. The maximum Gasteiger partial charge on any atom is 0.194 e. The minimum atomic E-state index is -0.880. The number of nitrogens with two attached hydrogens (primary N) is 1. The third kappa shape index (κ3) is 1.72. The van der Waals surface area contributed by atoms with E-state index in [4.69, 9.17) is 15.9 Å². The van der Waals surface area contributed by atoms with Crippen molar-refractivity contribution in [2.45, 2.75) is 19.4 Å². The Morgan fingerprint density at radius 3 is 2.31 bits per heavy atom. The Morgan fingerprint density at radius 2 is 1.85 bits per heavy atom. The molecule has 0 bridgehead atoms. The zero-order valence-electron chi connectivity index (χ0n) is 7.50. The standard InChI is InChI=1S/C9H12FNO2/c1-9(2,11)5-3-4-6(12)8(13)7(5)10/h3-4,12-13H,11H2,1-2H3. The van der Waals surface area contributed by atoms with Crippen LogP contribution in [-0.4, -0.2) is 10.2 Å². The Bertz CT molecular complexity index is 331. The first-order valence-corrected chi connectivity index (χ1v) is 3.84. The van der Waals surface area contributed by atoms with Crippen molar-refractivity contribution >= 4 is 0 Å². The molecule has 4 heteroatoms. The molecule has 4 N–H and O–H groups in total. The lowest BCUT2D eigenvalue weighted by Gasteiger charge is -2.20. The SMILES string of the molecule is CC(C)(N)c1ccc(O)c(O)c1F. The fourth-order valence-electron chi connectivity index (χ4n) is 1.05. The quantitative estimate of drug-likeness (QED) is 0.580.